The maximum Gasteiger partial charge on any atom is 0.298 e. The summed E-state index contributed by atoms with van der Waals surface area (Å²) in [5.74, 6) is -0.0261. The van der Waals surface area contributed by atoms with Gasteiger partial charge in [-0.05, 0) is 18.6 Å². The molecule has 0 unspecified atom stereocenters. The van der Waals surface area contributed by atoms with E-state index in [1.807, 2.05) is 0 Å². The molecule has 0 aliphatic heterocycles. The normalized spacial score (nSPS) is 12.0. The quantitative estimate of drug-likeness (QED) is 0.483. The van der Waals surface area contributed by atoms with Crippen LogP contribution in [0, 0.1) is 6.92 Å². The molecule has 1 aromatic heterocycles. The molecule has 6 nitrogen and oxygen atoms in total. The third kappa shape index (κ3) is 3.28. The molecule has 1 N–H and O–H groups in total. The SMILES string of the molecule is Cc1cnc(N=CN(C)C)c(S(=O)(=O)O)c1. The predicted molar refractivity (Wildman–Crippen MR) is 60.6 cm³/mol. The molecule has 88 valence electrons. The van der Waals surface area contributed by atoms with Crippen molar-refractivity contribution in [2.24, 2.45) is 4.99 Å². The number of rotatable bonds is 3. The van der Waals surface area contributed by atoms with Gasteiger partial charge in [0.15, 0.2) is 5.82 Å². The zero-order valence-corrected chi connectivity index (χ0v) is 10.1. The number of aromatic nitrogens is 1. The number of nitrogens with zero attached hydrogens (tertiary/aromatic N) is 3. The van der Waals surface area contributed by atoms with Crippen LogP contribution in [0.2, 0.25) is 0 Å². The Kier molecular flexibility index (Phi) is 3.61. The van der Waals surface area contributed by atoms with Crippen molar-refractivity contribution < 1.29 is 13.0 Å². The van der Waals surface area contributed by atoms with Gasteiger partial charge >= 0.3 is 0 Å². The van der Waals surface area contributed by atoms with E-state index in [1.165, 1.54) is 18.6 Å². The fraction of sp³-hybridized carbons (Fsp3) is 0.333. The van der Waals surface area contributed by atoms with Crippen LogP contribution in [-0.2, 0) is 10.1 Å². The first-order chi connectivity index (χ1) is 7.30. The molecular weight excluding hydrogens is 230 g/mol. The Balaban J connectivity index is 3.30. The molecule has 0 aliphatic rings. The van der Waals surface area contributed by atoms with E-state index in [4.69, 9.17) is 4.55 Å². The van der Waals surface area contributed by atoms with Gasteiger partial charge in [-0.1, -0.05) is 0 Å². The summed E-state index contributed by atoms with van der Waals surface area (Å²) >= 11 is 0. The van der Waals surface area contributed by atoms with E-state index < -0.39 is 10.1 Å². The van der Waals surface area contributed by atoms with Gasteiger partial charge in [-0.15, -0.1) is 0 Å². The molecule has 0 aliphatic carbocycles. The lowest BCUT2D eigenvalue weighted by Crippen LogP contribution is -2.08. The molecular formula is C9H13N3O3S. The van der Waals surface area contributed by atoms with Crippen molar-refractivity contribution in [3.8, 4) is 0 Å². The fourth-order valence-corrected chi connectivity index (χ4v) is 1.66. The minimum atomic E-state index is -4.30. The van der Waals surface area contributed by atoms with Gasteiger partial charge in [-0.25, -0.2) is 9.98 Å². The maximum absolute atomic E-state index is 11.1. The minimum Gasteiger partial charge on any atom is -0.369 e. The van der Waals surface area contributed by atoms with Crippen LogP contribution in [0.4, 0.5) is 5.82 Å². The summed E-state index contributed by atoms with van der Waals surface area (Å²) in [4.78, 5) is 9.06. The van der Waals surface area contributed by atoms with Crippen LogP contribution in [0.25, 0.3) is 0 Å². The molecule has 1 heterocycles. The number of aliphatic imine (C=N–C) groups is 1. The van der Waals surface area contributed by atoms with Gasteiger partial charge < -0.3 is 4.90 Å². The molecule has 0 atom stereocenters. The molecule has 7 heteroatoms. The summed E-state index contributed by atoms with van der Waals surface area (Å²) in [6.07, 6.45) is 2.89. The van der Waals surface area contributed by atoms with Gasteiger partial charge in [0, 0.05) is 20.3 Å². The summed E-state index contributed by atoms with van der Waals surface area (Å²) in [5.41, 5.74) is 0.636. The fourth-order valence-electron chi connectivity index (χ4n) is 0.992. The highest BCUT2D eigenvalue weighted by atomic mass is 32.2. The highest BCUT2D eigenvalue weighted by Crippen LogP contribution is 2.21. The lowest BCUT2D eigenvalue weighted by Gasteiger charge is -2.05. The predicted octanol–water partition coefficient (Wildman–Crippen LogP) is 0.858. The first kappa shape index (κ1) is 12.6. The largest absolute Gasteiger partial charge is 0.369 e. The van der Waals surface area contributed by atoms with Crippen molar-refractivity contribution in [3.05, 3.63) is 17.8 Å². The molecule has 0 bridgehead atoms. The average molecular weight is 243 g/mol. The van der Waals surface area contributed by atoms with Crippen LogP contribution < -0.4 is 0 Å². The smallest absolute Gasteiger partial charge is 0.298 e. The van der Waals surface area contributed by atoms with Gasteiger partial charge in [0.05, 0.1) is 6.34 Å². The van der Waals surface area contributed by atoms with Crippen LogP contribution in [0.5, 0.6) is 0 Å². The van der Waals surface area contributed by atoms with Crippen LogP contribution >= 0.6 is 0 Å². The van der Waals surface area contributed by atoms with Gasteiger partial charge in [-0.3, -0.25) is 4.55 Å². The van der Waals surface area contributed by atoms with Crippen molar-refractivity contribution in [2.45, 2.75) is 11.8 Å². The van der Waals surface area contributed by atoms with E-state index in [-0.39, 0.29) is 10.7 Å². The lowest BCUT2D eigenvalue weighted by molar-refractivity contribution is 0.483. The third-order valence-electron chi connectivity index (χ3n) is 1.66. The molecule has 0 radical (unpaired) electrons. The maximum atomic E-state index is 11.1. The summed E-state index contributed by atoms with van der Waals surface area (Å²) < 4.78 is 31.2. The second kappa shape index (κ2) is 4.58. The number of hydrogen-bond acceptors (Lipinski definition) is 4. The monoisotopic (exact) mass is 243 g/mol. The summed E-state index contributed by atoms with van der Waals surface area (Å²) in [6, 6.07) is 1.32. The van der Waals surface area contributed by atoms with E-state index in [0.717, 1.165) is 0 Å². The van der Waals surface area contributed by atoms with Crippen molar-refractivity contribution >= 4 is 22.3 Å². The number of pyridine rings is 1. The van der Waals surface area contributed by atoms with Crippen molar-refractivity contribution in [1.82, 2.24) is 9.88 Å². The summed E-state index contributed by atoms with van der Waals surface area (Å²) in [6.45, 7) is 1.68. The molecule has 0 fully saturated rings. The zero-order chi connectivity index (χ0) is 12.3. The van der Waals surface area contributed by atoms with Crippen molar-refractivity contribution in [2.75, 3.05) is 14.1 Å². The summed E-state index contributed by atoms with van der Waals surface area (Å²) in [5, 5.41) is 0. The lowest BCUT2D eigenvalue weighted by atomic mass is 10.3. The Bertz CT molecular complexity index is 509. The molecule has 0 aromatic carbocycles. The molecule has 1 aromatic rings. The standard InChI is InChI=1S/C9H13N3O3S/c1-7-4-8(16(13,14)15)9(10-5-7)11-6-12(2)3/h4-6H,1-3H3,(H,13,14,15). The molecule has 0 spiro atoms. The van der Waals surface area contributed by atoms with E-state index in [0.29, 0.717) is 5.56 Å². The first-order valence-corrected chi connectivity index (χ1v) is 5.89. The highest BCUT2D eigenvalue weighted by molar-refractivity contribution is 7.86. The van der Waals surface area contributed by atoms with Crippen LogP contribution in [-0.4, -0.2) is 43.3 Å². The van der Waals surface area contributed by atoms with E-state index >= 15 is 0 Å². The first-order valence-electron chi connectivity index (χ1n) is 4.45. The second-order valence-corrected chi connectivity index (χ2v) is 4.91. The van der Waals surface area contributed by atoms with Crippen LogP contribution in [0.1, 0.15) is 5.56 Å². The third-order valence-corrected chi connectivity index (χ3v) is 2.51. The topological polar surface area (TPSA) is 82.9 Å². The highest BCUT2D eigenvalue weighted by Gasteiger charge is 2.16. The van der Waals surface area contributed by atoms with Gasteiger partial charge in [-0.2, -0.15) is 8.42 Å². The molecule has 1 rings (SSSR count). The number of hydrogen-bond donors (Lipinski definition) is 1. The Morgan fingerprint density at radius 1 is 1.50 bits per heavy atom. The Morgan fingerprint density at radius 3 is 2.62 bits per heavy atom. The Labute approximate surface area is 94.4 Å². The Hall–Kier alpha value is -1.47. The van der Waals surface area contributed by atoms with Gasteiger partial charge in [0.1, 0.15) is 4.90 Å². The van der Waals surface area contributed by atoms with Crippen LogP contribution in [0.3, 0.4) is 0 Å². The van der Waals surface area contributed by atoms with Crippen LogP contribution in [0.15, 0.2) is 22.2 Å². The molecule has 0 amide bonds. The van der Waals surface area contributed by atoms with Crippen molar-refractivity contribution in [3.63, 3.8) is 0 Å². The van der Waals surface area contributed by atoms with E-state index in [9.17, 15) is 8.42 Å². The molecule has 0 saturated carbocycles. The average Bonchev–Trinajstić information content (AvgIpc) is 2.14. The van der Waals surface area contributed by atoms with E-state index in [2.05, 4.69) is 9.98 Å². The summed E-state index contributed by atoms with van der Waals surface area (Å²) in [7, 11) is -0.817. The minimum absolute atomic E-state index is 0.0261. The second-order valence-electron chi connectivity index (χ2n) is 3.52. The van der Waals surface area contributed by atoms with Crippen molar-refractivity contribution in [1.29, 1.82) is 0 Å². The van der Waals surface area contributed by atoms with E-state index in [1.54, 1.807) is 25.9 Å². The molecule has 0 saturated heterocycles. The zero-order valence-electron chi connectivity index (χ0n) is 9.25. The number of aryl methyl sites for hydroxylation is 1. The molecule has 16 heavy (non-hydrogen) atoms. The Morgan fingerprint density at radius 2 is 2.12 bits per heavy atom. The van der Waals surface area contributed by atoms with Gasteiger partial charge in [0.2, 0.25) is 0 Å². The van der Waals surface area contributed by atoms with Gasteiger partial charge in [0.25, 0.3) is 10.1 Å².